The summed E-state index contributed by atoms with van der Waals surface area (Å²) in [7, 11) is 0. The molecule has 0 unspecified atom stereocenters. The van der Waals surface area contributed by atoms with Crippen LogP contribution in [0.2, 0.25) is 0 Å². The summed E-state index contributed by atoms with van der Waals surface area (Å²) in [6, 6.07) is 10.5. The van der Waals surface area contributed by atoms with E-state index >= 15 is 0 Å². The minimum atomic E-state index is -1.83. The number of nitrogens with zero attached hydrogens (tertiary/aromatic N) is 2. The van der Waals surface area contributed by atoms with E-state index in [0.29, 0.717) is 16.6 Å². The van der Waals surface area contributed by atoms with Crippen molar-refractivity contribution in [3.05, 3.63) is 70.0 Å². The highest BCUT2D eigenvalue weighted by Crippen LogP contribution is 2.42. The number of carbonyl (C=O) groups is 1. The average molecular weight is 324 g/mol. The molecule has 0 radical (unpaired) electrons. The second kappa shape index (κ2) is 4.82. The number of hydrogen-bond acceptors (Lipinski definition) is 4. The van der Waals surface area contributed by atoms with Crippen molar-refractivity contribution in [3.63, 3.8) is 0 Å². The number of benzene rings is 2. The molecule has 120 valence electrons. The molecule has 0 spiro atoms. The number of hydrogen-bond donors (Lipinski definition) is 1. The van der Waals surface area contributed by atoms with E-state index in [0.717, 1.165) is 6.07 Å². The summed E-state index contributed by atoms with van der Waals surface area (Å²) < 4.78 is 15.0. The number of aromatic nitrogens is 2. The fourth-order valence-corrected chi connectivity index (χ4v) is 3.32. The number of rotatable bonds is 2. The number of para-hydroxylation sites is 1. The number of Topliss-reactive ketones (excluding diaryl/α,β-unsaturated/α-hetero) is 1. The summed E-state index contributed by atoms with van der Waals surface area (Å²) in [5.41, 5.74) is -1.24. The fourth-order valence-electron chi connectivity index (χ4n) is 3.32. The number of fused-ring (bicyclic) bond motifs is 4. The van der Waals surface area contributed by atoms with Gasteiger partial charge in [0.05, 0.1) is 16.6 Å². The number of halogens is 1. The Morgan fingerprint density at radius 2 is 2.04 bits per heavy atom. The minimum Gasteiger partial charge on any atom is -0.377 e. The fraction of sp³-hybridized carbons (Fsp3) is 0.167. The lowest BCUT2D eigenvalue weighted by Crippen LogP contribution is -2.32. The molecule has 1 aliphatic rings. The predicted molar refractivity (Wildman–Crippen MR) is 85.6 cm³/mol. The van der Waals surface area contributed by atoms with Gasteiger partial charge >= 0.3 is 0 Å². The zero-order valence-electron chi connectivity index (χ0n) is 12.8. The third-order valence-corrected chi connectivity index (χ3v) is 4.30. The number of ketones is 1. The first-order valence-corrected chi connectivity index (χ1v) is 7.46. The molecule has 3 aromatic rings. The monoisotopic (exact) mass is 324 g/mol. The molecule has 0 bridgehead atoms. The van der Waals surface area contributed by atoms with E-state index in [9.17, 15) is 19.1 Å². The van der Waals surface area contributed by atoms with Crippen molar-refractivity contribution in [2.45, 2.75) is 18.9 Å². The summed E-state index contributed by atoms with van der Waals surface area (Å²) in [6.45, 7) is 1.33. The van der Waals surface area contributed by atoms with Gasteiger partial charge in [-0.05, 0) is 37.3 Å². The maximum absolute atomic E-state index is 13.7. The third kappa shape index (κ3) is 1.86. The normalized spacial score (nSPS) is 18.5. The van der Waals surface area contributed by atoms with Crippen molar-refractivity contribution in [3.8, 4) is 5.69 Å². The second-order valence-electron chi connectivity index (χ2n) is 5.99. The molecule has 0 saturated heterocycles. The molecule has 0 amide bonds. The first kappa shape index (κ1) is 14.7. The quantitative estimate of drug-likeness (QED) is 0.783. The molecule has 24 heavy (non-hydrogen) atoms. The zero-order valence-corrected chi connectivity index (χ0v) is 12.8. The van der Waals surface area contributed by atoms with E-state index < -0.39 is 11.4 Å². The summed E-state index contributed by atoms with van der Waals surface area (Å²) in [5, 5.41) is 11.6. The van der Waals surface area contributed by atoms with Crippen LogP contribution in [0.1, 0.15) is 24.7 Å². The molecule has 2 heterocycles. The molecule has 6 heteroatoms. The molecule has 0 fully saturated rings. The summed E-state index contributed by atoms with van der Waals surface area (Å²) in [4.78, 5) is 29.0. The van der Waals surface area contributed by atoms with Crippen LogP contribution in [0.25, 0.3) is 16.6 Å². The molecule has 2 aromatic carbocycles. The van der Waals surface area contributed by atoms with Crippen LogP contribution in [0.15, 0.2) is 47.3 Å². The van der Waals surface area contributed by atoms with Crippen LogP contribution in [0.3, 0.4) is 0 Å². The first-order chi connectivity index (χ1) is 11.4. The second-order valence-corrected chi connectivity index (χ2v) is 5.99. The molecule has 1 aliphatic heterocycles. The van der Waals surface area contributed by atoms with E-state index in [1.165, 1.54) is 23.6 Å². The Balaban J connectivity index is 2.16. The zero-order chi connectivity index (χ0) is 17.1. The molecule has 1 aromatic heterocycles. The van der Waals surface area contributed by atoms with Crippen LogP contribution in [-0.4, -0.2) is 20.4 Å². The van der Waals surface area contributed by atoms with Gasteiger partial charge in [0.1, 0.15) is 11.6 Å². The summed E-state index contributed by atoms with van der Waals surface area (Å²) in [5.74, 6) is -0.799. The molecular weight excluding hydrogens is 311 g/mol. The lowest BCUT2D eigenvalue weighted by molar-refractivity contribution is -0.121. The van der Waals surface area contributed by atoms with Gasteiger partial charge in [0, 0.05) is 12.0 Å². The van der Waals surface area contributed by atoms with Gasteiger partial charge in [0.25, 0.3) is 5.56 Å². The average Bonchev–Trinajstić information content (AvgIpc) is 2.76. The highest BCUT2D eigenvalue weighted by molar-refractivity contribution is 5.81. The maximum atomic E-state index is 13.7. The molecule has 1 N–H and O–H groups in total. The molecule has 0 aliphatic carbocycles. The number of aliphatic hydroxyl groups is 1. The minimum absolute atomic E-state index is 0.0435. The van der Waals surface area contributed by atoms with Crippen LogP contribution in [-0.2, 0) is 10.4 Å². The summed E-state index contributed by atoms with van der Waals surface area (Å²) >= 11 is 0. The Morgan fingerprint density at radius 1 is 1.29 bits per heavy atom. The molecule has 0 saturated carbocycles. The van der Waals surface area contributed by atoms with Gasteiger partial charge in [-0.15, -0.1) is 0 Å². The van der Waals surface area contributed by atoms with Crippen molar-refractivity contribution in [2.24, 2.45) is 0 Å². The topological polar surface area (TPSA) is 72.2 Å². The standard InChI is InChI=1S/C18H13FN2O3/c1-10(22)9-18(24)13-8-11(19)6-7-15(13)21-16(23)12-4-2-3-5-14(12)20-17(18)21/h2-8,24H,9H2,1H3/t18-/m0/s1. The lowest BCUT2D eigenvalue weighted by atomic mass is 9.89. The van der Waals surface area contributed by atoms with Crippen LogP contribution in [0.5, 0.6) is 0 Å². The van der Waals surface area contributed by atoms with Crippen LogP contribution >= 0.6 is 0 Å². The number of carbonyl (C=O) groups excluding carboxylic acids is 1. The SMILES string of the molecule is CC(=O)C[C@]1(O)c2cc(F)ccc2-n2c1nc1ccccc1c2=O. The predicted octanol–water partition coefficient (Wildman–Crippen LogP) is 2.05. The van der Waals surface area contributed by atoms with Crippen molar-refractivity contribution >= 4 is 16.7 Å². The van der Waals surface area contributed by atoms with Gasteiger partial charge in [-0.1, -0.05) is 12.1 Å². The third-order valence-electron chi connectivity index (χ3n) is 4.30. The van der Waals surface area contributed by atoms with E-state index in [1.807, 2.05) is 0 Å². The van der Waals surface area contributed by atoms with Gasteiger partial charge < -0.3 is 5.11 Å². The highest BCUT2D eigenvalue weighted by Gasteiger charge is 2.45. The Morgan fingerprint density at radius 3 is 2.79 bits per heavy atom. The van der Waals surface area contributed by atoms with Crippen molar-refractivity contribution < 1.29 is 14.3 Å². The van der Waals surface area contributed by atoms with Crippen LogP contribution in [0.4, 0.5) is 4.39 Å². The lowest BCUT2D eigenvalue weighted by Gasteiger charge is -2.22. The van der Waals surface area contributed by atoms with Crippen molar-refractivity contribution in [2.75, 3.05) is 0 Å². The molecule has 1 atom stereocenters. The van der Waals surface area contributed by atoms with Crippen molar-refractivity contribution in [1.82, 2.24) is 9.55 Å². The first-order valence-electron chi connectivity index (χ1n) is 7.46. The van der Waals surface area contributed by atoms with Gasteiger partial charge in [-0.25, -0.2) is 9.37 Å². The van der Waals surface area contributed by atoms with Crippen LogP contribution < -0.4 is 5.56 Å². The molecule has 4 rings (SSSR count). The highest BCUT2D eigenvalue weighted by atomic mass is 19.1. The van der Waals surface area contributed by atoms with Gasteiger partial charge in [0.15, 0.2) is 11.4 Å². The Labute approximate surface area is 136 Å². The molecule has 5 nitrogen and oxygen atoms in total. The van der Waals surface area contributed by atoms with Gasteiger partial charge in [-0.3, -0.25) is 14.2 Å². The Hall–Kier alpha value is -2.86. The Kier molecular flexibility index (Phi) is 2.95. The smallest absolute Gasteiger partial charge is 0.266 e. The largest absolute Gasteiger partial charge is 0.377 e. The van der Waals surface area contributed by atoms with Gasteiger partial charge in [-0.2, -0.15) is 0 Å². The van der Waals surface area contributed by atoms with Gasteiger partial charge in [0.2, 0.25) is 0 Å². The van der Waals surface area contributed by atoms with E-state index in [-0.39, 0.29) is 29.2 Å². The molecular formula is C18H13FN2O3. The van der Waals surface area contributed by atoms with E-state index in [2.05, 4.69) is 4.98 Å². The summed E-state index contributed by atoms with van der Waals surface area (Å²) in [6.07, 6.45) is -0.283. The van der Waals surface area contributed by atoms with Crippen molar-refractivity contribution in [1.29, 1.82) is 0 Å². The maximum Gasteiger partial charge on any atom is 0.266 e. The van der Waals surface area contributed by atoms with E-state index in [4.69, 9.17) is 0 Å². The van der Waals surface area contributed by atoms with Crippen LogP contribution in [0, 0.1) is 5.82 Å². The Bertz CT molecular complexity index is 1070. The van der Waals surface area contributed by atoms with E-state index in [1.54, 1.807) is 24.3 Å².